The number of carbonyl (C=O) groups is 1. The van der Waals surface area contributed by atoms with Crippen LogP contribution in [0.4, 0.5) is 0 Å². The standard InChI is InChI=1S/C23H44O12S/c1-3-5-6-7-8-9-10-11-12-13-31-15-17(33-19(25)4-2)16-32-23-21(27)22(35-36(28,29)30)20(26)18(14-24)34-23/h17-18,20-24,26-27H,3-16H2,1-2H3,(H,28,29,30). The van der Waals surface area contributed by atoms with Gasteiger partial charge in [-0.2, -0.15) is 8.42 Å². The van der Waals surface area contributed by atoms with Gasteiger partial charge in [0.2, 0.25) is 0 Å². The molecule has 0 aromatic heterocycles. The van der Waals surface area contributed by atoms with Crippen molar-refractivity contribution in [2.24, 2.45) is 0 Å². The van der Waals surface area contributed by atoms with E-state index in [9.17, 15) is 28.5 Å². The topological polar surface area (TPSA) is 178 Å². The molecule has 6 unspecified atom stereocenters. The highest BCUT2D eigenvalue weighted by atomic mass is 32.3. The zero-order valence-electron chi connectivity index (χ0n) is 21.3. The van der Waals surface area contributed by atoms with Gasteiger partial charge in [-0.15, -0.1) is 0 Å². The first kappa shape index (κ1) is 33.1. The second-order valence-corrected chi connectivity index (χ2v) is 9.95. The van der Waals surface area contributed by atoms with Gasteiger partial charge >= 0.3 is 16.4 Å². The van der Waals surface area contributed by atoms with Crippen molar-refractivity contribution in [2.45, 2.75) is 115 Å². The summed E-state index contributed by atoms with van der Waals surface area (Å²) in [5.41, 5.74) is 0. The number of rotatable bonds is 20. The third-order valence-corrected chi connectivity index (χ3v) is 6.25. The number of aliphatic hydroxyl groups is 3. The molecular formula is C23H44O12S. The lowest BCUT2D eigenvalue weighted by Crippen LogP contribution is -2.60. The number of hydrogen-bond donors (Lipinski definition) is 4. The van der Waals surface area contributed by atoms with Crippen LogP contribution in [0.3, 0.4) is 0 Å². The Hall–Kier alpha value is -0.900. The van der Waals surface area contributed by atoms with E-state index in [1.165, 1.54) is 38.5 Å². The molecule has 0 saturated carbocycles. The van der Waals surface area contributed by atoms with Crippen molar-refractivity contribution in [3.8, 4) is 0 Å². The summed E-state index contributed by atoms with van der Waals surface area (Å²) >= 11 is 0. The van der Waals surface area contributed by atoms with Gasteiger partial charge < -0.3 is 34.3 Å². The van der Waals surface area contributed by atoms with Crippen molar-refractivity contribution >= 4 is 16.4 Å². The van der Waals surface area contributed by atoms with E-state index >= 15 is 0 Å². The molecule has 0 aliphatic carbocycles. The van der Waals surface area contributed by atoms with Crippen LogP contribution in [0.15, 0.2) is 0 Å². The summed E-state index contributed by atoms with van der Waals surface area (Å²) in [6, 6.07) is 0. The Kier molecular flexibility index (Phi) is 16.9. The molecule has 1 saturated heterocycles. The minimum Gasteiger partial charge on any atom is -0.457 e. The fourth-order valence-electron chi connectivity index (χ4n) is 3.76. The highest BCUT2D eigenvalue weighted by Gasteiger charge is 2.47. The molecule has 1 fully saturated rings. The molecule has 0 aromatic rings. The Bertz CT molecular complexity index is 689. The van der Waals surface area contributed by atoms with Crippen molar-refractivity contribution in [3.05, 3.63) is 0 Å². The zero-order chi connectivity index (χ0) is 27.0. The SMILES string of the molecule is CCCCCCCCCCCOCC(COC1OC(CO)C(O)C(OS(=O)(=O)O)C1O)OC(=O)CC. The Morgan fingerprint density at radius 3 is 2.11 bits per heavy atom. The predicted octanol–water partition coefficient (Wildman–Crippen LogP) is 1.50. The maximum Gasteiger partial charge on any atom is 0.397 e. The van der Waals surface area contributed by atoms with E-state index in [0.717, 1.165) is 19.3 Å². The zero-order valence-corrected chi connectivity index (χ0v) is 22.1. The lowest BCUT2D eigenvalue weighted by molar-refractivity contribution is -0.301. The first-order valence-electron chi connectivity index (χ1n) is 12.8. The molecule has 0 radical (unpaired) electrons. The Morgan fingerprint density at radius 1 is 0.944 bits per heavy atom. The van der Waals surface area contributed by atoms with Gasteiger partial charge in [-0.1, -0.05) is 65.2 Å². The van der Waals surface area contributed by atoms with Gasteiger partial charge in [-0.25, -0.2) is 4.18 Å². The van der Waals surface area contributed by atoms with Crippen LogP contribution in [0.1, 0.15) is 78.1 Å². The molecule has 0 amide bonds. The van der Waals surface area contributed by atoms with Gasteiger partial charge in [0.15, 0.2) is 6.29 Å². The van der Waals surface area contributed by atoms with Gasteiger partial charge in [-0.3, -0.25) is 9.35 Å². The maximum absolute atomic E-state index is 11.8. The summed E-state index contributed by atoms with van der Waals surface area (Å²) in [4.78, 5) is 11.8. The van der Waals surface area contributed by atoms with Crippen LogP contribution in [0.25, 0.3) is 0 Å². The molecule has 1 aliphatic rings. The van der Waals surface area contributed by atoms with E-state index in [1.807, 2.05) is 0 Å². The molecular weight excluding hydrogens is 500 g/mol. The van der Waals surface area contributed by atoms with Gasteiger partial charge in [-0.05, 0) is 6.42 Å². The van der Waals surface area contributed by atoms with E-state index in [0.29, 0.717) is 6.61 Å². The lowest BCUT2D eigenvalue weighted by Gasteiger charge is -2.41. The first-order chi connectivity index (χ1) is 17.1. The number of aliphatic hydroxyl groups excluding tert-OH is 3. The number of unbranched alkanes of at least 4 members (excludes halogenated alkanes) is 8. The third kappa shape index (κ3) is 13.6. The molecule has 214 valence electrons. The summed E-state index contributed by atoms with van der Waals surface area (Å²) < 4.78 is 57.2. The summed E-state index contributed by atoms with van der Waals surface area (Å²) in [5.74, 6) is -0.489. The van der Waals surface area contributed by atoms with Gasteiger partial charge in [0.1, 0.15) is 30.5 Å². The second kappa shape index (κ2) is 18.4. The fraction of sp³-hybridized carbons (Fsp3) is 0.957. The molecule has 0 aromatic carbocycles. The van der Waals surface area contributed by atoms with Crippen molar-refractivity contribution in [1.29, 1.82) is 0 Å². The number of carbonyl (C=O) groups excluding carboxylic acids is 1. The van der Waals surface area contributed by atoms with E-state index < -0.39 is 59.8 Å². The molecule has 36 heavy (non-hydrogen) atoms. The minimum absolute atomic E-state index is 0.0303. The van der Waals surface area contributed by atoms with Crippen LogP contribution in [0, 0.1) is 0 Å². The predicted molar refractivity (Wildman–Crippen MR) is 128 cm³/mol. The van der Waals surface area contributed by atoms with Crippen LogP contribution in [0.5, 0.6) is 0 Å². The highest BCUT2D eigenvalue weighted by molar-refractivity contribution is 7.80. The molecule has 12 nitrogen and oxygen atoms in total. The smallest absolute Gasteiger partial charge is 0.397 e. The fourth-order valence-corrected chi connectivity index (χ4v) is 4.27. The Labute approximate surface area is 214 Å². The number of hydrogen-bond acceptors (Lipinski definition) is 11. The number of ether oxygens (including phenoxy) is 4. The Morgan fingerprint density at radius 2 is 1.56 bits per heavy atom. The second-order valence-electron chi connectivity index (χ2n) is 8.90. The van der Waals surface area contributed by atoms with Crippen molar-refractivity contribution in [3.63, 3.8) is 0 Å². The molecule has 0 bridgehead atoms. The van der Waals surface area contributed by atoms with Gasteiger partial charge in [0.05, 0.1) is 19.8 Å². The first-order valence-corrected chi connectivity index (χ1v) is 14.2. The molecule has 4 N–H and O–H groups in total. The third-order valence-electron chi connectivity index (χ3n) is 5.78. The normalized spacial score (nSPS) is 25.6. The monoisotopic (exact) mass is 544 g/mol. The van der Waals surface area contributed by atoms with Crippen LogP contribution < -0.4 is 0 Å². The van der Waals surface area contributed by atoms with Crippen molar-refractivity contribution < 1.29 is 56.2 Å². The van der Waals surface area contributed by atoms with Gasteiger partial charge in [0.25, 0.3) is 0 Å². The van der Waals surface area contributed by atoms with Crippen LogP contribution in [0.2, 0.25) is 0 Å². The summed E-state index contributed by atoms with van der Waals surface area (Å²) in [6.07, 6.45) is 1.49. The van der Waals surface area contributed by atoms with Crippen LogP contribution in [-0.2, 0) is 38.3 Å². The van der Waals surface area contributed by atoms with E-state index in [1.54, 1.807) is 6.92 Å². The summed E-state index contributed by atoms with van der Waals surface area (Å²) in [7, 11) is -5.03. The lowest BCUT2D eigenvalue weighted by atomic mass is 9.99. The van der Waals surface area contributed by atoms with E-state index in [2.05, 4.69) is 11.1 Å². The molecule has 0 spiro atoms. The minimum atomic E-state index is -5.03. The molecule has 1 heterocycles. The number of esters is 1. The summed E-state index contributed by atoms with van der Waals surface area (Å²) in [6.45, 7) is 3.31. The largest absolute Gasteiger partial charge is 0.457 e. The van der Waals surface area contributed by atoms with Crippen molar-refractivity contribution in [1.82, 2.24) is 0 Å². The summed E-state index contributed by atoms with van der Waals surface area (Å²) in [5, 5.41) is 29.8. The van der Waals surface area contributed by atoms with Crippen LogP contribution >= 0.6 is 0 Å². The average Bonchev–Trinajstić information content (AvgIpc) is 2.83. The van der Waals surface area contributed by atoms with Crippen LogP contribution in [-0.4, -0.2) is 97.5 Å². The molecule has 1 rings (SSSR count). The average molecular weight is 545 g/mol. The highest BCUT2D eigenvalue weighted by Crippen LogP contribution is 2.25. The quantitative estimate of drug-likeness (QED) is 0.0987. The molecule has 13 heteroatoms. The maximum atomic E-state index is 11.8. The molecule has 6 atom stereocenters. The Balaban J connectivity index is 2.50. The van der Waals surface area contributed by atoms with E-state index in [4.69, 9.17) is 23.5 Å². The van der Waals surface area contributed by atoms with E-state index in [-0.39, 0.29) is 19.6 Å². The van der Waals surface area contributed by atoms with Crippen molar-refractivity contribution in [2.75, 3.05) is 26.4 Å². The van der Waals surface area contributed by atoms with Gasteiger partial charge in [0, 0.05) is 13.0 Å². The molecule has 1 aliphatic heterocycles.